The topological polar surface area (TPSA) is 31.2 Å². The summed E-state index contributed by atoms with van der Waals surface area (Å²) in [4.78, 5) is 12.5. The fraction of sp³-hybridized carbons (Fsp3) is 0.400. The Morgan fingerprint density at radius 3 is 2.33 bits per heavy atom. The molecule has 1 aromatic carbocycles. The van der Waals surface area contributed by atoms with Gasteiger partial charge in [-0.15, -0.1) is 0 Å². The highest BCUT2D eigenvalue weighted by Gasteiger charge is 2.26. The molecule has 0 radical (unpaired) electrons. The minimum Gasteiger partial charge on any atom is -0.496 e. The summed E-state index contributed by atoms with van der Waals surface area (Å²) in [7, 11) is 3.43. The van der Waals surface area contributed by atoms with E-state index in [0.717, 1.165) is 16.5 Å². The number of para-hydroxylation sites is 1. The van der Waals surface area contributed by atoms with Crippen LogP contribution in [0, 0.1) is 0 Å². The molecule has 0 amide bonds. The molecule has 0 saturated heterocycles. The van der Waals surface area contributed by atoms with E-state index in [9.17, 15) is 4.79 Å². The first-order valence-electron chi connectivity index (χ1n) is 6.04. The molecule has 0 N–H and O–H groups in total. The number of methoxy groups -OCH3 is 1. The average molecular weight is 245 g/mol. The van der Waals surface area contributed by atoms with Gasteiger partial charge in [0.25, 0.3) is 5.56 Å². The van der Waals surface area contributed by atoms with Crippen molar-refractivity contribution in [1.82, 2.24) is 4.57 Å². The van der Waals surface area contributed by atoms with Crippen LogP contribution in [-0.4, -0.2) is 11.7 Å². The molecule has 0 atom stereocenters. The summed E-state index contributed by atoms with van der Waals surface area (Å²) in [5, 5.41) is 0.979. The first-order valence-corrected chi connectivity index (χ1v) is 6.04. The van der Waals surface area contributed by atoms with Crippen LogP contribution in [0.4, 0.5) is 0 Å². The van der Waals surface area contributed by atoms with E-state index in [2.05, 4.69) is 0 Å². The second-order valence-corrected chi connectivity index (χ2v) is 5.54. The number of benzene rings is 1. The third kappa shape index (κ3) is 1.80. The second kappa shape index (κ2) is 4.16. The Morgan fingerprint density at radius 2 is 1.78 bits per heavy atom. The number of aryl methyl sites for hydroxylation is 1. The van der Waals surface area contributed by atoms with E-state index in [1.807, 2.05) is 45.0 Å². The third-order valence-corrected chi connectivity index (χ3v) is 3.21. The van der Waals surface area contributed by atoms with E-state index in [-0.39, 0.29) is 11.0 Å². The summed E-state index contributed by atoms with van der Waals surface area (Å²) in [6.45, 7) is 6.09. The van der Waals surface area contributed by atoms with Gasteiger partial charge in [0, 0.05) is 12.4 Å². The number of hydrogen-bond donors (Lipinski definition) is 0. The van der Waals surface area contributed by atoms with Gasteiger partial charge in [0.2, 0.25) is 0 Å². The van der Waals surface area contributed by atoms with Crippen molar-refractivity contribution in [3.05, 3.63) is 40.2 Å². The number of rotatable bonds is 1. The van der Waals surface area contributed by atoms with Gasteiger partial charge >= 0.3 is 0 Å². The average Bonchev–Trinajstić information content (AvgIpc) is 2.32. The third-order valence-electron chi connectivity index (χ3n) is 3.21. The SMILES string of the molecule is COc1c(C(C)(C)C)c(=O)n(C)c2ccccc12. The van der Waals surface area contributed by atoms with Crippen molar-refractivity contribution in [3.63, 3.8) is 0 Å². The van der Waals surface area contributed by atoms with E-state index in [0.29, 0.717) is 5.75 Å². The quantitative estimate of drug-likeness (QED) is 0.773. The predicted molar refractivity (Wildman–Crippen MR) is 74.4 cm³/mol. The predicted octanol–water partition coefficient (Wildman–Crippen LogP) is 2.84. The lowest BCUT2D eigenvalue weighted by atomic mass is 9.86. The molecule has 0 aliphatic heterocycles. The summed E-state index contributed by atoms with van der Waals surface area (Å²) >= 11 is 0. The molecule has 2 aromatic rings. The van der Waals surface area contributed by atoms with Crippen molar-refractivity contribution in [1.29, 1.82) is 0 Å². The van der Waals surface area contributed by atoms with Gasteiger partial charge in [0.05, 0.1) is 18.2 Å². The zero-order chi connectivity index (χ0) is 13.5. The van der Waals surface area contributed by atoms with Crippen LogP contribution < -0.4 is 10.3 Å². The van der Waals surface area contributed by atoms with Gasteiger partial charge in [-0.05, 0) is 17.5 Å². The highest BCUT2D eigenvalue weighted by Crippen LogP contribution is 2.33. The summed E-state index contributed by atoms with van der Waals surface area (Å²) in [6.07, 6.45) is 0. The van der Waals surface area contributed by atoms with Crippen molar-refractivity contribution >= 4 is 10.9 Å². The van der Waals surface area contributed by atoms with E-state index in [1.54, 1.807) is 18.7 Å². The number of ether oxygens (including phenoxy) is 1. The van der Waals surface area contributed by atoms with Crippen LogP contribution in [0.2, 0.25) is 0 Å². The molecule has 1 heterocycles. The minimum atomic E-state index is -0.246. The Morgan fingerprint density at radius 1 is 1.17 bits per heavy atom. The summed E-state index contributed by atoms with van der Waals surface area (Å²) in [5.41, 5.74) is 1.39. The molecule has 1 aromatic heterocycles. The second-order valence-electron chi connectivity index (χ2n) is 5.54. The Labute approximate surface area is 107 Å². The molecule has 3 heteroatoms. The number of hydrogen-bond acceptors (Lipinski definition) is 2. The number of pyridine rings is 1. The Hall–Kier alpha value is -1.77. The van der Waals surface area contributed by atoms with Crippen molar-refractivity contribution in [3.8, 4) is 5.75 Å². The number of nitrogens with zero attached hydrogens (tertiary/aromatic N) is 1. The van der Waals surface area contributed by atoms with Gasteiger partial charge in [-0.2, -0.15) is 0 Å². The molecule has 0 aliphatic carbocycles. The maximum atomic E-state index is 12.5. The standard InChI is InChI=1S/C15H19NO2/c1-15(2,3)12-13(18-5)10-8-6-7-9-11(10)16(4)14(12)17/h6-9H,1-5H3. The highest BCUT2D eigenvalue weighted by molar-refractivity contribution is 5.87. The van der Waals surface area contributed by atoms with E-state index >= 15 is 0 Å². The lowest BCUT2D eigenvalue weighted by Gasteiger charge is -2.23. The molecule has 0 unspecified atom stereocenters. The number of fused-ring (bicyclic) bond motifs is 1. The molecule has 2 rings (SSSR count). The molecule has 0 aliphatic rings. The van der Waals surface area contributed by atoms with Crippen LogP contribution >= 0.6 is 0 Å². The first kappa shape index (κ1) is 12.7. The van der Waals surface area contributed by atoms with Crippen molar-refractivity contribution in [2.45, 2.75) is 26.2 Å². The lowest BCUT2D eigenvalue weighted by Crippen LogP contribution is -2.30. The van der Waals surface area contributed by atoms with E-state index in [1.165, 1.54) is 0 Å². The van der Waals surface area contributed by atoms with Crippen LogP contribution in [-0.2, 0) is 12.5 Å². The van der Waals surface area contributed by atoms with Gasteiger partial charge in [0.15, 0.2) is 0 Å². The maximum Gasteiger partial charge on any atom is 0.258 e. The zero-order valence-electron chi connectivity index (χ0n) is 11.6. The molecule has 0 spiro atoms. The fourth-order valence-electron chi connectivity index (χ4n) is 2.34. The van der Waals surface area contributed by atoms with Gasteiger partial charge in [0.1, 0.15) is 5.75 Å². The highest BCUT2D eigenvalue weighted by atomic mass is 16.5. The Bertz CT molecular complexity index is 648. The Kier molecular flexibility index (Phi) is 2.93. The van der Waals surface area contributed by atoms with Gasteiger partial charge < -0.3 is 9.30 Å². The van der Waals surface area contributed by atoms with Gasteiger partial charge in [-0.25, -0.2) is 0 Å². The van der Waals surface area contributed by atoms with Crippen LogP contribution in [0.1, 0.15) is 26.3 Å². The first-order chi connectivity index (χ1) is 8.38. The minimum absolute atomic E-state index is 0.0121. The lowest BCUT2D eigenvalue weighted by molar-refractivity contribution is 0.399. The summed E-state index contributed by atoms with van der Waals surface area (Å²) in [6, 6.07) is 7.81. The molecule has 96 valence electrons. The largest absolute Gasteiger partial charge is 0.496 e. The molecule has 0 saturated carbocycles. The number of aromatic nitrogens is 1. The summed E-state index contributed by atoms with van der Waals surface area (Å²) in [5.74, 6) is 0.696. The monoisotopic (exact) mass is 245 g/mol. The molecule has 0 fully saturated rings. The molecule has 0 bridgehead atoms. The Balaban J connectivity index is 3.04. The van der Waals surface area contributed by atoms with E-state index in [4.69, 9.17) is 4.74 Å². The van der Waals surface area contributed by atoms with E-state index < -0.39 is 0 Å². The van der Waals surface area contributed by atoms with Gasteiger partial charge in [-0.3, -0.25) is 4.79 Å². The molecular formula is C15H19NO2. The maximum absolute atomic E-state index is 12.5. The zero-order valence-corrected chi connectivity index (χ0v) is 11.6. The fourth-order valence-corrected chi connectivity index (χ4v) is 2.34. The molecular weight excluding hydrogens is 226 g/mol. The van der Waals surface area contributed by atoms with Crippen LogP contribution in [0.25, 0.3) is 10.9 Å². The molecule has 3 nitrogen and oxygen atoms in total. The molecule has 18 heavy (non-hydrogen) atoms. The van der Waals surface area contributed by atoms with Crippen LogP contribution in [0.5, 0.6) is 5.75 Å². The van der Waals surface area contributed by atoms with Crippen LogP contribution in [0.15, 0.2) is 29.1 Å². The smallest absolute Gasteiger partial charge is 0.258 e. The van der Waals surface area contributed by atoms with Crippen molar-refractivity contribution < 1.29 is 4.74 Å². The van der Waals surface area contributed by atoms with Crippen LogP contribution in [0.3, 0.4) is 0 Å². The normalized spacial score (nSPS) is 11.8. The van der Waals surface area contributed by atoms with Crippen molar-refractivity contribution in [2.75, 3.05) is 7.11 Å². The van der Waals surface area contributed by atoms with Crippen molar-refractivity contribution in [2.24, 2.45) is 7.05 Å². The van der Waals surface area contributed by atoms with Gasteiger partial charge in [-0.1, -0.05) is 32.9 Å². The summed E-state index contributed by atoms with van der Waals surface area (Å²) < 4.78 is 7.20.